The lowest BCUT2D eigenvalue weighted by molar-refractivity contribution is -0.132. The van der Waals surface area contributed by atoms with Crippen LogP contribution in [-0.4, -0.2) is 16.8 Å². The van der Waals surface area contributed by atoms with Crippen molar-refractivity contribution in [2.45, 2.75) is 19.4 Å². The summed E-state index contributed by atoms with van der Waals surface area (Å²) in [5, 5.41) is 11.1. The van der Waals surface area contributed by atoms with Crippen molar-refractivity contribution in [1.29, 1.82) is 0 Å². The first-order chi connectivity index (χ1) is 14.5. The predicted octanol–water partition coefficient (Wildman–Crippen LogP) is 5.64. The van der Waals surface area contributed by atoms with Gasteiger partial charge in [-0.05, 0) is 35.7 Å². The lowest BCUT2D eigenvalue weighted by Gasteiger charge is -2.25. The number of amides is 1. The molecule has 0 aromatic heterocycles. The topological polar surface area (TPSA) is 57.6 Å². The number of aryl methyl sites for hydroxylation is 1. The molecule has 1 amide bonds. The summed E-state index contributed by atoms with van der Waals surface area (Å²) in [7, 11) is 0. The van der Waals surface area contributed by atoms with Crippen LogP contribution >= 0.6 is 15.9 Å². The Balaban J connectivity index is 1.92. The van der Waals surface area contributed by atoms with Gasteiger partial charge in [-0.1, -0.05) is 83.5 Å². The molecule has 1 aliphatic heterocycles. The Morgan fingerprint density at radius 2 is 1.67 bits per heavy atom. The molecule has 3 aromatic rings. The van der Waals surface area contributed by atoms with Crippen LogP contribution < -0.4 is 4.90 Å². The van der Waals surface area contributed by atoms with Crippen molar-refractivity contribution in [2.75, 3.05) is 4.90 Å². The van der Waals surface area contributed by atoms with Crippen LogP contribution in [0, 0.1) is 0 Å². The van der Waals surface area contributed by atoms with Crippen LogP contribution in [0.5, 0.6) is 0 Å². The number of nitrogens with zero attached hydrogens (tertiary/aromatic N) is 1. The predicted molar refractivity (Wildman–Crippen MR) is 121 cm³/mol. The quantitative estimate of drug-likeness (QED) is 0.310. The first-order valence-corrected chi connectivity index (χ1v) is 10.5. The van der Waals surface area contributed by atoms with E-state index in [1.165, 1.54) is 4.90 Å². The Kier molecular flexibility index (Phi) is 5.55. The molecule has 0 aliphatic carbocycles. The number of aliphatic hydroxyl groups is 1. The largest absolute Gasteiger partial charge is 0.507 e. The van der Waals surface area contributed by atoms with Crippen molar-refractivity contribution in [1.82, 2.24) is 0 Å². The molecule has 5 heteroatoms. The van der Waals surface area contributed by atoms with Gasteiger partial charge in [-0.2, -0.15) is 0 Å². The van der Waals surface area contributed by atoms with Crippen LogP contribution in [0.3, 0.4) is 0 Å². The van der Waals surface area contributed by atoms with Gasteiger partial charge >= 0.3 is 0 Å². The molecule has 1 saturated heterocycles. The van der Waals surface area contributed by atoms with Gasteiger partial charge in [0, 0.05) is 15.7 Å². The number of hydrogen-bond donors (Lipinski definition) is 1. The van der Waals surface area contributed by atoms with E-state index >= 15 is 0 Å². The third kappa shape index (κ3) is 3.57. The van der Waals surface area contributed by atoms with Crippen molar-refractivity contribution in [3.8, 4) is 0 Å². The van der Waals surface area contributed by atoms with Gasteiger partial charge in [-0.25, -0.2) is 0 Å². The fraction of sp³-hybridized carbons (Fsp3) is 0.120. The molecule has 4 nitrogen and oxygen atoms in total. The van der Waals surface area contributed by atoms with Crippen LogP contribution in [0.4, 0.5) is 5.69 Å². The molecule has 0 bridgehead atoms. The van der Waals surface area contributed by atoms with Crippen molar-refractivity contribution < 1.29 is 14.7 Å². The number of Topliss-reactive ketones (excluding diaryl/α,β-unsaturated/α-hetero) is 1. The molecular formula is C25H20BrNO3. The minimum absolute atomic E-state index is 0.0930. The van der Waals surface area contributed by atoms with Crippen molar-refractivity contribution in [3.05, 3.63) is 106 Å². The second-order valence-corrected chi connectivity index (χ2v) is 8.03. The van der Waals surface area contributed by atoms with Crippen LogP contribution in [0.15, 0.2) is 88.9 Å². The van der Waals surface area contributed by atoms with Gasteiger partial charge in [-0.3, -0.25) is 14.5 Å². The third-order valence-corrected chi connectivity index (χ3v) is 5.77. The highest BCUT2D eigenvalue weighted by Crippen LogP contribution is 2.42. The summed E-state index contributed by atoms with van der Waals surface area (Å²) >= 11 is 3.43. The summed E-state index contributed by atoms with van der Waals surface area (Å²) in [5.74, 6) is -1.52. The number of carbonyl (C=O) groups is 2. The van der Waals surface area contributed by atoms with Crippen LogP contribution in [0.1, 0.15) is 29.7 Å². The van der Waals surface area contributed by atoms with E-state index in [4.69, 9.17) is 0 Å². The summed E-state index contributed by atoms with van der Waals surface area (Å²) in [4.78, 5) is 27.6. The Bertz CT molecular complexity index is 1140. The van der Waals surface area contributed by atoms with Gasteiger partial charge in [0.25, 0.3) is 11.7 Å². The summed E-state index contributed by atoms with van der Waals surface area (Å²) in [6, 6.07) is 23.2. The molecule has 1 fully saturated rings. The Labute approximate surface area is 183 Å². The van der Waals surface area contributed by atoms with E-state index in [-0.39, 0.29) is 11.3 Å². The van der Waals surface area contributed by atoms with Crippen molar-refractivity contribution in [3.63, 3.8) is 0 Å². The molecule has 1 unspecified atom stereocenters. The molecule has 1 heterocycles. The van der Waals surface area contributed by atoms with E-state index in [9.17, 15) is 14.7 Å². The standard InChI is InChI=1S/C25H20BrNO3/c1-2-16-11-13-18(14-12-16)23(28)21-22(17-7-4-3-5-8-17)27(25(30)24(21)29)20-10-6-9-19(26)15-20/h3-15,22,28H,2H2,1H3/b23-21+. The molecule has 30 heavy (non-hydrogen) atoms. The molecule has 0 saturated carbocycles. The van der Waals surface area contributed by atoms with Gasteiger partial charge in [-0.15, -0.1) is 0 Å². The zero-order valence-electron chi connectivity index (χ0n) is 16.4. The average molecular weight is 462 g/mol. The number of rotatable bonds is 4. The van der Waals surface area contributed by atoms with Crippen LogP contribution in [-0.2, 0) is 16.0 Å². The molecule has 1 N–H and O–H groups in total. The first kappa shape index (κ1) is 20.1. The fourth-order valence-corrected chi connectivity index (χ4v) is 4.12. The smallest absolute Gasteiger partial charge is 0.300 e. The van der Waals surface area contributed by atoms with Gasteiger partial charge < -0.3 is 5.11 Å². The van der Waals surface area contributed by atoms with E-state index in [0.717, 1.165) is 22.0 Å². The van der Waals surface area contributed by atoms with Crippen molar-refractivity contribution in [2.24, 2.45) is 0 Å². The second-order valence-electron chi connectivity index (χ2n) is 7.11. The maximum absolute atomic E-state index is 13.1. The Morgan fingerprint density at radius 3 is 2.30 bits per heavy atom. The van der Waals surface area contributed by atoms with Gasteiger partial charge in [0.15, 0.2) is 0 Å². The van der Waals surface area contributed by atoms with Crippen LogP contribution in [0.2, 0.25) is 0 Å². The maximum Gasteiger partial charge on any atom is 0.300 e. The van der Waals surface area contributed by atoms with E-state index in [1.807, 2.05) is 61.5 Å². The van der Waals surface area contributed by atoms with E-state index < -0.39 is 17.7 Å². The van der Waals surface area contributed by atoms with Crippen molar-refractivity contribution >= 4 is 39.1 Å². The van der Waals surface area contributed by atoms with E-state index in [2.05, 4.69) is 15.9 Å². The maximum atomic E-state index is 13.1. The Morgan fingerprint density at radius 1 is 0.967 bits per heavy atom. The number of aliphatic hydroxyl groups excluding tert-OH is 1. The Hall–Kier alpha value is -3.18. The second kappa shape index (κ2) is 8.28. The third-order valence-electron chi connectivity index (χ3n) is 5.28. The number of anilines is 1. The molecular weight excluding hydrogens is 442 g/mol. The molecule has 1 aliphatic rings. The summed E-state index contributed by atoms with van der Waals surface area (Å²) in [6.07, 6.45) is 0.873. The lowest BCUT2D eigenvalue weighted by atomic mass is 9.95. The molecule has 0 spiro atoms. The first-order valence-electron chi connectivity index (χ1n) is 9.72. The molecule has 3 aromatic carbocycles. The summed E-state index contributed by atoms with van der Waals surface area (Å²) in [6.45, 7) is 2.05. The fourth-order valence-electron chi connectivity index (χ4n) is 3.73. The highest BCUT2D eigenvalue weighted by atomic mass is 79.9. The molecule has 0 radical (unpaired) electrons. The normalized spacial score (nSPS) is 18.1. The SMILES string of the molecule is CCc1ccc(/C(O)=C2\C(=O)C(=O)N(c3cccc(Br)c3)C2c2ccccc2)cc1. The average Bonchev–Trinajstić information content (AvgIpc) is 3.04. The van der Waals surface area contributed by atoms with Gasteiger partial charge in [0.2, 0.25) is 0 Å². The van der Waals surface area contributed by atoms with Gasteiger partial charge in [0.1, 0.15) is 5.76 Å². The number of benzene rings is 3. The number of hydrogen-bond acceptors (Lipinski definition) is 3. The summed E-state index contributed by atoms with van der Waals surface area (Å²) < 4.78 is 0.795. The van der Waals surface area contributed by atoms with Gasteiger partial charge in [0.05, 0.1) is 11.6 Å². The van der Waals surface area contributed by atoms with E-state index in [1.54, 1.807) is 24.3 Å². The number of ketones is 1. The zero-order valence-corrected chi connectivity index (χ0v) is 18.0. The highest BCUT2D eigenvalue weighted by Gasteiger charge is 2.46. The zero-order chi connectivity index (χ0) is 21.3. The monoisotopic (exact) mass is 461 g/mol. The number of carbonyl (C=O) groups excluding carboxylic acids is 2. The minimum atomic E-state index is -0.716. The lowest BCUT2D eigenvalue weighted by Crippen LogP contribution is -2.29. The van der Waals surface area contributed by atoms with Crippen LogP contribution in [0.25, 0.3) is 5.76 Å². The molecule has 1 atom stereocenters. The van der Waals surface area contributed by atoms with E-state index in [0.29, 0.717) is 11.3 Å². The molecule has 150 valence electrons. The summed E-state index contributed by atoms with van der Waals surface area (Å²) in [5.41, 5.74) is 3.07. The highest BCUT2D eigenvalue weighted by molar-refractivity contribution is 9.10. The number of halogens is 1. The molecule has 4 rings (SSSR count). The minimum Gasteiger partial charge on any atom is -0.507 e.